The minimum atomic E-state index is -0.320. The lowest BCUT2D eigenvalue weighted by Crippen LogP contribution is -2.46. The maximum Gasteiger partial charge on any atom is 0.270 e. The van der Waals surface area contributed by atoms with Gasteiger partial charge in [-0.1, -0.05) is 12.1 Å². The molecule has 0 bridgehead atoms. The molecule has 1 aliphatic heterocycles. The number of piperazine rings is 1. The first-order valence-electron chi connectivity index (χ1n) is 7.96. The number of hydrogen-bond acceptors (Lipinski definition) is 5. The lowest BCUT2D eigenvalue weighted by molar-refractivity contribution is -0.118. The van der Waals surface area contributed by atoms with Crippen LogP contribution in [0, 0.1) is 5.82 Å². The Balaban J connectivity index is 1.61. The first kappa shape index (κ1) is 16.8. The van der Waals surface area contributed by atoms with Crippen molar-refractivity contribution in [1.29, 1.82) is 0 Å². The van der Waals surface area contributed by atoms with Crippen molar-refractivity contribution in [3.05, 3.63) is 53.6 Å². The molecule has 1 aromatic carbocycles. The highest BCUT2D eigenvalue weighted by Crippen LogP contribution is 2.11. The molecule has 0 aliphatic carbocycles. The quantitative estimate of drug-likeness (QED) is 0.814. The first-order valence-corrected chi connectivity index (χ1v) is 7.96. The van der Waals surface area contributed by atoms with Gasteiger partial charge in [0, 0.05) is 38.9 Å². The predicted octanol–water partition coefficient (Wildman–Crippen LogP) is 0.824. The summed E-state index contributed by atoms with van der Waals surface area (Å²) in [5, 5.41) is 2.76. The zero-order valence-corrected chi connectivity index (χ0v) is 13.6. The average Bonchev–Trinajstić information content (AvgIpc) is 2.67. The van der Waals surface area contributed by atoms with Crippen LogP contribution < -0.4 is 10.2 Å². The van der Waals surface area contributed by atoms with Crippen LogP contribution in [0.5, 0.6) is 0 Å². The SMILES string of the molecule is O=CN1CCN(c2nccc(C(=O)NCc3ccc(F)cc3)n2)CC1. The summed E-state index contributed by atoms with van der Waals surface area (Å²) in [6, 6.07) is 7.48. The lowest BCUT2D eigenvalue weighted by atomic mass is 10.2. The Morgan fingerprint density at radius 2 is 1.88 bits per heavy atom. The van der Waals surface area contributed by atoms with Crippen molar-refractivity contribution in [2.45, 2.75) is 6.54 Å². The fourth-order valence-corrected chi connectivity index (χ4v) is 2.53. The van der Waals surface area contributed by atoms with Crippen LogP contribution in [-0.4, -0.2) is 53.4 Å². The highest BCUT2D eigenvalue weighted by Gasteiger charge is 2.19. The van der Waals surface area contributed by atoms with Crippen molar-refractivity contribution < 1.29 is 14.0 Å². The predicted molar refractivity (Wildman–Crippen MR) is 89.5 cm³/mol. The normalized spacial score (nSPS) is 14.3. The molecular formula is C17H18FN5O2. The maximum atomic E-state index is 12.9. The molecule has 7 nitrogen and oxygen atoms in total. The second-order valence-electron chi connectivity index (χ2n) is 5.68. The standard InChI is InChI=1S/C17H18FN5O2/c18-14-3-1-13(2-4-14)11-20-16(25)15-5-6-19-17(21-15)23-9-7-22(12-24)8-10-23/h1-6,12H,7-11H2,(H,20,25). The van der Waals surface area contributed by atoms with Gasteiger partial charge >= 0.3 is 0 Å². The summed E-state index contributed by atoms with van der Waals surface area (Å²) in [6.45, 7) is 2.75. The number of carbonyl (C=O) groups excluding carboxylic acids is 2. The van der Waals surface area contributed by atoms with E-state index in [-0.39, 0.29) is 24.0 Å². The summed E-state index contributed by atoms with van der Waals surface area (Å²) in [5.41, 5.74) is 1.07. The molecular weight excluding hydrogens is 325 g/mol. The summed E-state index contributed by atoms with van der Waals surface area (Å²) >= 11 is 0. The number of anilines is 1. The van der Waals surface area contributed by atoms with E-state index >= 15 is 0 Å². The molecule has 130 valence electrons. The molecule has 0 unspecified atom stereocenters. The van der Waals surface area contributed by atoms with Crippen LogP contribution in [0.25, 0.3) is 0 Å². The summed E-state index contributed by atoms with van der Waals surface area (Å²) in [4.78, 5) is 35.2. The van der Waals surface area contributed by atoms with Crippen molar-refractivity contribution >= 4 is 18.3 Å². The average molecular weight is 343 g/mol. The van der Waals surface area contributed by atoms with Crippen LogP contribution in [0.3, 0.4) is 0 Å². The van der Waals surface area contributed by atoms with Crippen LogP contribution in [0.15, 0.2) is 36.5 Å². The van der Waals surface area contributed by atoms with E-state index in [1.54, 1.807) is 29.3 Å². The Hall–Kier alpha value is -3.03. The molecule has 1 aliphatic rings. The van der Waals surface area contributed by atoms with Gasteiger partial charge in [-0.05, 0) is 23.8 Å². The number of aromatic nitrogens is 2. The van der Waals surface area contributed by atoms with Gasteiger partial charge in [-0.3, -0.25) is 9.59 Å². The molecule has 1 aromatic heterocycles. The number of hydrogen-bond donors (Lipinski definition) is 1. The van der Waals surface area contributed by atoms with Gasteiger partial charge in [0.25, 0.3) is 5.91 Å². The Morgan fingerprint density at radius 3 is 2.56 bits per heavy atom. The topological polar surface area (TPSA) is 78.4 Å². The first-order chi connectivity index (χ1) is 12.2. The summed E-state index contributed by atoms with van der Waals surface area (Å²) < 4.78 is 12.9. The number of rotatable bonds is 5. The molecule has 25 heavy (non-hydrogen) atoms. The van der Waals surface area contributed by atoms with Gasteiger partial charge < -0.3 is 15.1 Å². The van der Waals surface area contributed by atoms with Crippen molar-refractivity contribution in [2.24, 2.45) is 0 Å². The van der Waals surface area contributed by atoms with E-state index < -0.39 is 0 Å². The molecule has 3 rings (SSSR count). The van der Waals surface area contributed by atoms with Gasteiger partial charge in [0.2, 0.25) is 12.4 Å². The summed E-state index contributed by atoms with van der Waals surface area (Å²) in [5.74, 6) is -0.162. The number of amides is 2. The van der Waals surface area contributed by atoms with Gasteiger partial charge in [-0.15, -0.1) is 0 Å². The molecule has 0 saturated carbocycles. The van der Waals surface area contributed by atoms with Gasteiger partial charge in [0.05, 0.1) is 0 Å². The fourth-order valence-electron chi connectivity index (χ4n) is 2.53. The lowest BCUT2D eigenvalue weighted by Gasteiger charge is -2.32. The van der Waals surface area contributed by atoms with E-state index in [0.29, 0.717) is 32.1 Å². The molecule has 2 heterocycles. The number of halogens is 1. The number of nitrogens with zero attached hydrogens (tertiary/aromatic N) is 4. The van der Waals surface area contributed by atoms with E-state index in [1.165, 1.54) is 12.1 Å². The molecule has 0 spiro atoms. The van der Waals surface area contributed by atoms with E-state index in [4.69, 9.17) is 0 Å². The molecule has 1 N–H and O–H groups in total. The second kappa shape index (κ2) is 7.69. The monoisotopic (exact) mass is 343 g/mol. The third-order valence-electron chi connectivity index (χ3n) is 3.99. The molecule has 0 atom stereocenters. The van der Waals surface area contributed by atoms with E-state index in [1.807, 2.05) is 4.90 Å². The maximum absolute atomic E-state index is 12.9. The van der Waals surface area contributed by atoms with E-state index in [0.717, 1.165) is 12.0 Å². The van der Waals surface area contributed by atoms with Crippen molar-refractivity contribution in [1.82, 2.24) is 20.2 Å². The van der Waals surface area contributed by atoms with E-state index in [9.17, 15) is 14.0 Å². The van der Waals surface area contributed by atoms with E-state index in [2.05, 4.69) is 15.3 Å². The highest BCUT2D eigenvalue weighted by atomic mass is 19.1. The van der Waals surface area contributed by atoms with Crippen molar-refractivity contribution in [3.8, 4) is 0 Å². The van der Waals surface area contributed by atoms with Crippen LogP contribution in [0.2, 0.25) is 0 Å². The largest absolute Gasteiger partial charge is 0.347 e. The van der Waals surface area contributed by atoms with Gasteiger partial charge in [-0.25, -0.2) is 14.4 Å². The number of carbonyl (C=O) groups is 2. The minimum Gasteiger partial charge on any atom is -0.347 e. The van der Waals surface area contributed by atoms with Gasteiger partial charge in [0.15, 0.2) is 0 Å². The summed E-state index contributed by atoms with van der Waals surface area (Å²) in [7, 11) is 0. The number of benzene rings is 1. The molecule has 1 saturated heterocycles. The highest BCUT2D eigenvalue weighted by molar-refractivity contribution is 5.92. The minimum absolute atomic E-state index is 0.268. The molecule has 1 fully saturated rings. The van der Waals surface area contributed by atoms with Crippen LogP contribution in [0.1, 0.15) is 16.1 Å². The fraction of sp³-hybridized carbons (Fsp3) is 0.294. The zero-order chi connectivity index (χ0) is 17.6. The third-order valence-corrected chi connectivity index (χ3v) is 3.99. The Morgan fingerprint density at radius 1 is 1.16 bits per heavy atom. The third kappa shape index (κ3) is 4.28. The molecule has 2 amide bonds. The summed E-state index contributed by atoms with van der Waals surface area (Å²) in [6.07, 6.45) is 2.37. The van der Waals surface area contributed by atoms with Crippen molar-refractivity contribution in [3.63, 3.8) is 0 Å². The molecule has 2 aromatic rings. The molecule has 0 radical (unpaired) electrons. The van der Waals surface area contributed by atoms with Crippen LogP contribution >= 0.6 is 0 Å². The zero-order valence-electron chi connectivity index (χ0n) is 13.6. The molecule has 8 heteroatoms. The Labute approximate surface area is 144 Å². The second-order valence-corrected chi connectivity index (χ2v) is 5.68. The van der Waals surface area contributed by atoms with Crippen molar-refractivity contribution in [2.75, 3.05) is 31.1 Å². The smallest absolute Gasteiger partial charge is 0.270 e. The Bertz CT molecular complexity index is 745. The van der Waals surface area contributed by atoms with Crippen LogP contribution in [0.4, 0.5) is 10.3 Å². The van der Waals surface area contributed by atoms with Crippen LogP contribution in [-0.2, 0) is 11.3 Å². The number of nitrogens with one attached hydrogen (secondary N) is 1. The van der Waals surface area contributed by atoms with Gasteiger partial charge in [0.1, 0.15) is 11.5 Å². The Kier molecular flexibility index (Phi) is 5.17. The van der Waals surface area contributed by atoms with Gasteiger partial charge in [-0.2, -0.15) is 0 Å².